The molecule has 0 unspecified atom stereocenters. The molecule has 2 aliphatic rings. The van der Waals surface area contributed by atoms with E-state index in [-0.39, 0.29) is 35.1 Å². The van der Waals surface area contributed by atoms with Crippen molar-refractivity contribution in [1.29, 1.82) is 0 Å². The molecule has 1 amide bonds. The minimum atomic E-state index is -3.24. The normalized spacial score (nSPS) is 23.3. The summed E-state index contributed by atoms with van der Waals surface area (Å²) in [6.45, 7) is 7.95. The summed E-state index contributed by atoms with van der Waals surface area (Å²) in [5.41, 5.74) is 1.85. The van der Waals surface area contributed by atoms with Crippen LogP contribution in [0.5, 0.6) is 0 Å². The molecule has 1 saturated carbocycles. The molecular formula is C25H35N3O4S2. The number of rotatable bonds is 8. The molecule has 1 fully saturated rings. The first-order chi connectivity index (χ1) is 16.2. The summed E-state index contributed by atoms with van der Waals surface area (Å²) in [4.78, 5) is 21.5. The molecule has 2 aromatic rings. The first-order valence-electron chi connectivity index (χ1n) is 12.2. The van der Waals surface area contributed by atoms with E-state index in [1.807, 2.05) is 0 Å². The van der Waals surface area contributed by atoms with Crippen molar-refractivity contribution in [1.82, 2.24) is 9.88 Å². The highest BCUT2D eigenvalue weighted by Crippen LogP contribution is 2.43. The molecule has 0 radical (unpaired) electrons. The van der Waals surface area contributed by atoms with Gasteiger partial charge in [-0.3, -0.25) is 9.69 Å². The molecule has 9 heteroatoms. The van der Waals surface area contributed by atoms with Gasteiger partial charge in [0.15, 0.2) is 15.0 Å². The largest absolute Gasteiger partial charge is 0.393 e. The number of aromatic nitrogens is 1. The lowest BCUT2D eigenvalue weighted by Gasteiger charge is -2.33. The number of thiazole rings is 1. The van der Waals surface area contributed by atoms with E-state index < -0.39 is 9.84 Å². The van der Waals surface area contributed by atoms with Crippen molar-refractivity contribution in [2.75, 3.05) is 17.6 Å². The van der Waals surface area contributed by atoms with Crippen molar-refractivity contribution in [3.8, 4) is 0 Å². The molecule has 4 rings (SSSR count). The Morgan fingerprint density at radius 2 is 1.88 bits per heavy atom. The van der Waals surface area contributed by atoms with Crippen molar-refractivity contribution >= 4 is 32.2 Å². The Kier molecular flexibility index (Phi) is 7.76. The second-order valence-electron chi connectivity index (χ2n) is 9.89. The Bertz CT molecular complexity index is 1100. The zero-order chi connectivity index (χ0) is 24.5. The number of nitrogens with one attached hydrogen (secondary N) is 1. The first kappa shape index (κ1) is 25.3. The van der Waals surface area contributed by atoms with Gasteiger partial charge in [-0.1, -0.05) is 32.9 Å². The molecule has 1 aliphatic heterocycles. The number of sulfone groups is 1. The predicted molar refractivity (Wildman–Crippen MR) is 135 cm³/mol. The number of hydrogen-bond acceptors (Lipinski definition) is 7. The SMILES string of the molecule is CCS(=O)(=O)c1ccc(CC(=O)Nc2nc3c(s2)CN(CC2CCC(O)CC2)[C@H]3C(C)C)cc1. The van der Waals surface area contributed by atoms with Crippen molar-refractivity contribution < 1.29 is 18.3 Å². The van der Waals surface area contributed by atoms with E-state index in [2.05, 4.69) is 24.1 Å². The Hall–Kier alpha value is -1.81. The van der Waals surface area contributed by atoms with Gasteiger partial charge in [-0.15, -0.1) is 11.3 Å². The van der Waals surface area contributed by atoms with Gasteiger partial charge in [-0.2, -0.15) is 0 Å². The molecular weight excluding hydrogens is 470 g/mol. The van der Waals surface area contributed by atoms with Crippen LogP contribution in [0.15, 0.2) is 29.2 Å². The number of fused-ring (bicyclic) bond motifs is 1. The van der Waals surface area contributed by atoms with E-state index in [0.717, 1.165) is 50.0 Å². The molecule has 0 bridgehead atoms. The number of benzene rings is 1. The zero-order valence-electron chi connectivity index (χ0n) is 20.2. The third-order valence-electron chi connectivity index (χ3n) is 6.96. The van der Waals surface area contributed by atoms with Crippen LogP contribution in [0.3, 0.4) is 0 Å². The first-order valence-corrected chi connectivity index (χ1v) is 14.7. The summed E-state index contributed by atoms with van der Waals surface area (Å²) in [7, 11) is -3.24. The van der Waals surface area contributed by atoms with Crippen LogP contribution in [0.25, 0.3) is 0 Å². The number of hydrogen-bond donors (Lipinski definition) is 2. The third kappa shape index (κ3) is 5.70. The van der Waals surface area contributed by atoms with Crippen molar-refractivity contribution in [3.63, 3.8) is 0 Å². The average Bonchev–Trinajstić information content (AvgIpc) is 3.31. The van der Waals surface area contributed by atoms with Crippen LogP contribution in [0.2, 0.25) is 0 Å². The van der Waals surface area contributed by atoms with E-state index in [0.29, 0.717) is 17.0 Å². The molecule has 2 heterocycles. The van der Waals surface area contributed by atoms with Gasteiger partial charge < -0.3 is 10.4 Å². The molecule has 0 saturated heterocycles. The highest BCUT2D eigenvalue weighted by molar-refractivity contribution is 7.91. The monoisotopic (exact) mass is 505 g/mol. The second-order valence-corrected chi connectivity index (χ2v) is 13.3. The fraction of sp³-hybridized carbons (Fsp3) is 0.600. The Morgan fingerprint density at radius 3 is 2.50 bits per heavy atom. The Labute approximate surface area is 206 Å². The number of nitrogens with zero attached hydrogens (tertiary/aromatic N) is 2. The van der Waals surface area contributed by atoms with Crippen LogP contribution in [0, 0.1) is 11.8 Å². The predicted octanol–water partition coefficient (Wildman–Crippen LogP) is 4.18. The summed E-state index contributed by atoms with van der Waals surface area (Å²) >= 11 is 1.55. The molecule has 1 aromatic heterocycles. The van der Waals surface area contributed by atoms with Gasteiger partial charge in [-0.05, 0) is 55.2 Å². The van der Waals surface area contributed by atoms with E-state index in [1.54, 1.807) is 42.5 Å². The van der Waals surface area contributed by atoms with Gasteiger partial charge in [0.1, 0.15) is 0 Å². The lowest BCUT2D eigenvalue weighted by molar-refractivity contribution is -0.115. The lowest BCUT2D eigenvalue weighted by Crippen LogP contribution is -2.33. The fourth-order valence-corrected chi connectivity index (χ4v) is 7.05. The summed E-state index contributed by atoms with van der Waals surface area (Å²) < 4.78 is 23.9. The number of carbonyl (C=O) groups excluding carboxylic acids is 1. The molecule has 0 spiro atoms. The molecule has 186 valence electrons. The number of amides is 1. The van der Waals surface area contributed by atoms with Crippen LogP contribution in [0.4, 0.5) is 5.13 Å². The van der Waals surface area contributed by atoms with E-state index in [9.17, 15) is 18.3 Å². The Morgan fingerprint density at radius 1 is 1.21 bits per heavy atom. The van der Waals surface area contributed by atoms with Crippen LogP contribution < -0.4 is 5.32 Å². The van der Waals surface area contributed by atoms with Crippen LogP contribution >= 0.6 is 11.3 Å². The van der Waals surface area contributed by atoms with E-state index >= 15 is 0 Å². The number of aliphatic hydroxyl groups excluding tert-OH is 1. The van der Waals surface area contributed by atoms with Gasteiger partial charge in [0, 0.05) is 18.0 Å². The van der Waals surface area contributed by atoms with Crippen LogP contribution in [-0.2, 0) is 27.6 Å². The van der Waals surface area contributed by atoms with Gasteiger partial charge >= 0.3 is 0 Å². The second kappa shape index (κ2) is 10.4. The third-order valence-corrected chi connectivity index (χ3v) is 9.68. The average molecular weight is 506 g/mol. The standard InChI is InChI=1S/C25H35N3O4S2/c1-4-34(31,32)20-11-7-17(8-12-20)13-22(30)26-25-27-23-21(33-25)15-28(24(23)16(2)3)14-18-5-9-19(29)10-6-18/h7-8,11-12,16,18-19,24,29H,4-6,9-10,13-15H2,1-3H3,(H,26,27,30)/t18?,19?,24-/m0/s1. The van der Waals surface area contributed by atoms with Gasteiger partial charge in [-0.25, -0.2) is 13.4 Å². The summed E-state index contributed by atoms with van der Waals surface area (Å²) in [6, 6.07) is 6.77. The maximum Gasteiger partial charge on any atom is 0.230 e. The molecule has 7 nitrogen and oxygen atoms in total. The highest BCUT2D eigenvalue weighted by Gasteiger charge is 2.37. The smallest absolute Gasteiger partial charge is 0.230 e. The van der Waals surface area contributed by atoms with Gasteiger partial charge in [0.2, 0.25) is 5.91 Å². The maximum atomic E-state index is 12.6. The van der Waals surface area contributed by atoms with Gasteiger partial charge in [0.25, 0.3) is 0 Å². The fourth-order valence-electron chi connectivity index (χ4n) is 5.12. The molecule has 34 heavy (non-hydrogen) atoms. The highest BCUT2D eigenvalue weighted by atomic mass is 32.2. The number of aliphatic hydroxyl groups is 1. The van der Waals surface area contributed by atoms with Crippen molar-refractivity contribution in [2.45, 2.75) is 76.5 Å². The number of anilines is 1. The topological polar surface area (TPSA) is 99.6 Å². The van der Waals surface area contributed by atoms with Crippen molar-refractivity contribution in [3.05, 3.63) is 40.4 Å². The van der Waals surface area contributed by atoms with Crippen molar-refractivity contribution in [2.24, 2.45) is 11.8 Å². The molecule has 1 atom stereocenters. The van der Waals surface area contributed by atoms with Crippen LogP contribution in [-0.4, -0.2) is 47.7 Å². The molecule has 2 N–H and O–H groups in total. The number of carbonyl (C=O) groups is 1. The van der Waals surface area contributed by atoms with Gasteiger partial charge in [0.05, 0.1) is 34.9 Å². The summed E-state index contributed by atoms with van der Waals surface area (Å²) in [5, 5.41) is 13.4. The molecule has 1 aromatic carbocycles. The minimum absolute atomic E-state index is 0.0557. The summed E-state index contributed by atoms with van der Waals surface area (Å²) in [6.07, 6.45) is 4.00. The zero-order valence-corrected chi connectivity index (χ0v) is 21.8. The Balaban J connectivity index is 1.37. The summed E-state index contributed by atoms with van der Waals surface area (Å²) in [5.74, 6) is 0.938. The lowest BCUT2D eigenvalue weighted by atomic mass is 9.86. The maximum absolute atomic E-state index is 12.6. The van der Waals surface area contributed by atoms with E-state index in [4.69, 9.17) is 4.98 Å². The minimum Gasteiger partial charge on any atom is -0.393 e. The van der Waals surface area contributed by atoms with E-state index in [1.165, 1.54) is 4.88 Å². The molecule has 1 aliphatic carbocycles. The van der Waals surface area contributed by atoms with Crippen LogP contribution in [0.1, 0.15) is 68.6 Å². The quantitative estimate of drug-likeness (QED) is 0.558.